The van der Waals surface area contributed by atoms with Gasteiger partial charge in [0.1, 0.15) is 0 Å². The standard InChI is InChI=1S/C14H14N4S/c15-14-13(9-5-6-9)18(17-16-14)7-10-8-19-12-4-2-1-3-11(10)12/h1-4,8-9H,5-7,15H2. The van der Waals surface area contributed by atoms with E-state index in [1.807, 2.05) is 4.68 Å². The number of aromatic nitrogens is 3. The Morgan fingerprint density at radius 3 is 3.00 bits per heavy atom. The van der Waals surface area contributed by atoms with Gasteiger partial charge in [-0.3, -0.25) is 0 Å². The molecule has 0 aliphatic heterocycles. The van der Waals surface area contributed by atoms with Gasteiger partial charge in [-0.25, -0.2) is 4.68 Å². The Morgan fingerprint density at radius 2 is 2.16 bits per heavy atom. The molecule has 2 N–H and O–H groups in total. The zero-order valence-corrected chi connectivity index (χ0v) is 11.2. The Bertz CT molecular complexity index is 739. The minimum Gasteiger partial charge on any atom is -0.381 e. The van der Waals surface area contributed by atoms with E-state index in [1.54, 1.807) is 11.3 Å². The van der Waals surface area contributed by atoms with Crippen LogP contribution >= 0.6 is 11.3 Å². The number of benzene rings is 1. The SMILES string of the molecule is Nc1nnn(Cc2csc3ccccc23)c1C1CC1. The predicted molar refractivity (Wildman–Crippen MR) is 77.3 cm³/mol. The Kier molecular flexibility index (Phi) is 2.35. The fourth-order valence-corrected chi connectivity index (χ4v) is 3.50. The first-order valence-electron chi connectivity index (χ1n) is 6.47. The van der Waals surface area contributed by atoms with Crippen LogP contribution < -0.4 is 5.73 Å². The third-order valence-corrected chi connectivity index (χ3v) is 4.66. The van der Waals surface area contributed by atoms with Gasteiger partial charge in [-0.1, -0.05) is 23.4 Å². The van der Waals surface area contributed by atoms with Gasteiger partial charge in [-0.2, -0.15) is 0 Å². The molecule has 4 nitrogen and oxygen atoms in total. The summed E-state index contributed by atoms with van der Waals surface area (Å²) in [4.78, 5) is 0. The number of nitrogens with zero attached hydrogens (tertiary/aromatic N) is 3. The maximum absolute atomic E-state index is 5.93. The molecule has 1 aliphatic carbocycles. The molecule has 2 heterocycles. The van der Waals surface area contributed by atoms with Gasteiger partial charge in [0.05, 0.1) is 12.2 Å². The first-order valence-corrected chi connectivity index (χ1v) is 7.35. The summed E-state index contributed by atoms with van der Waals surface area (Å²) >= 11 is 1.78. The zero-order valence-electron chi connectivity index (χ0n) is 10.4. The van der Waals surface area contributed by atoms with Crippen LogP contribution in [0.5, 0.6) is 0 Å². The molecule has 19 heavy (non-hydrogen) atoms. The minimum atomic E-state index is 0.569. The molecule has 0 unspecified atom stereocenters. The van der Waals surface area contributed by atoms with Crippen LogP contribution in [0.1, 0.15) is 30.0 Å². The van der Waals surface area contributed by atoms with Gasteiger partial charge in [0.25, 0.3) is 0 Å². The van der Waals surface area contributed by atoms with Crippen molar-refractivity contribution >= 4 is 27.2 Å². The first-order chi connectivity index (χ1) is 9.33. The van der Waals surface area contributed by atoms with Crippen molar-refractivity contribution in [3.8, 4) is 0 Å². The van der Waals surface area contributed by atoms with Crippen molar-refractivity contribution in [1.29, 1.82) is 0 Å². The highest BCUT2D eigenvalue weighted by Gasteiger charge is 2.30. The summed E-state index contributed by atoms with van der Waals surface area (Å²) in [6.07, 6.45) is 2.42. The topological polar surface area (TPSA) is 56.7 Å². The molecule has 0 spiro atoms. The van der Waals surface area contributed by atoms with E-state index in [0.717, 1.165) is 12.2 Å². The summed E-state index contributed by atoms with van der Waals surface area (Å²) < 4.78 is 3.29. The summed E-state index contributed by atoms with van der Waals surface area (Å²) in [5.74, 6) is 1.17. The highest BCUT2D eigenvalue weighted by Crippen LogP contribution is 2.42. The second kappa shape index (κ2) is 4.06. The van der Waals surface area contributed by atoms with Crippen molar-refractivity contribution in [3.05, 3.63) is 40.9 Å². The van der Waals surface area contributed by atoms with E-state index in [2.05, 4.69) is 40.0 Å². The molecule has 0 saturated heterocycles. The van der Waals surface area contributed by atoms with Crippen LogP contribution in [0.15, 0.2) is 29.6 Å². The van der Waals surface area contributed by atoms with Crippen molar-refractivity contribution in [2.24, 2.45) is 0 Å². The molecule has 5 heteroatoms. The lowest BCUT2D eigenvalue weighted by Gasteiger charge is -2.05. The molecule has 1 aromatic carbocycles. The van der Waals surface area contributed by atoms with Crippen LogP contribution in [-0.4, -0.2) is 15.0 Å². The number of nitrogen functional groups attached to an aromatic ring is 1. The van der Waals surface area contributed by atoms with Gasteiger partial charge in [0, 0.05) is 10.6 Å². The van der Waals surface area contributed by atoms with E-state index < -0.39 is 0 Å². The Morgan fingerprint density at radius 1 is 1.32 bits per heavy atom. The molecule has 0 amide bonds. The van der Waals surface area contributed by atoms with Gasteiger partial charge < -0.3 is 5.73 Å². The van der Waals surface area contributed by atoms with E-state index in [-0.39, 0.29) is 0 Å². The molecule has 0 bridgehead atoms. The largest absolute Gasteiger partial charge is 0.381 e. The smallest absolute Gasteiger partial charge is 0.169 e. The van der Waals surface area contributed by atoms with Crippen LogP contribution in [0.4, 0.5) is 5.82 Å². The lowest BCUT2D eigenvalue weighted by molar-refractivity contribution is 0.623. The maximum atomic E-state index is 5.93. The van der Waals surface area contributed by atoms with Crippen molar-refractivity contribution < 1.29 is 0 Å². The lowest BCUT2D eigenvalue weighted by Crippen LogP contribution is -2.06. The fourth-order valence-electron chi connectivity index (χ4n) is 2.54. The molecule has 1 fully saturated rings. The summed E-state index contributed by atoms with van der Waals surface area (Å²) in [5, 5.41) is 11.8. The van der Waals surface area contributed by atoms with Gasteiger partial charge in [-0.15, -0.1) is 16.4 Å². The second-order valence-corrected chi connectivity index (χ2v) is 5.96. The molecule has 96 valence electrons. The van der Waals surface area contributed by atoms with E-state index in [0.29, 0.717) is 11.7 Å². The lowest BCUT2D eigenvalue weighted by atomic mass is 10.2. The molecule has 0 atom stereocenters. The van der Waals surface area contributed by atoms with Gasteiger partial charge in [0.15, 0.2) is 5.82 Å². The van der Waals surface area contributed by atoms with Gasteiger partial charge in [-0.05, 0) is 35.2 Å². The van der Waals surface area contributed by atoms with Crippen molar-refractivity contribution in [3.63, 3.8) is 0 Å². The van der Waals surface area contributed by atoms with E-state index in [9.17, 15) is 0 Å². The average Bonchev–Trinajstić information content (AvgIpc) is 3.08. The van der Waals surface area contributed by atoms with Crippen LogP contribution in [0, 0.1) is 0 Å². The molecule has 0 radical (unpaired) electrons. The number of hydrogen-bond acceptors (Lipinski definition) is 4. The average molecular weight is 270 g/mol. The molecular weight excluding hydrogens is 256 g/mol. The number of rotatable bonds is 3. The third-order valence-electron chi connectivity index (χ3n) is 3.65. The monoisotopic (exact) mass is 270 g/mol. The Labute approximate surface area is 114 Å². The molecule has 1 saturated carbocycles. The highest BCUT2D eigenvalue weighted by molar-refractivity contribution is 7.17. The van der Waals surface area contributed by atoms with Gasteiger partial charge >= 0.3 is 0 Å². The number of hydrogen-bond donors (Lipinski definition) is 1. The normalized spacial score (nSPS) is 15.2. The summed E-state index contributed by atoms with van der Waals surface area (Å²) in [6.45, 7) is 0.764. The van der Waals surface area contributed by atoms with Crippen LogP contribution in [-0.2, 0) is 6.54 Å². The zero-order chi connectivity index (χ0) is 12.8. The number of nitrogens with two attached hydrogens (primary N) is 1. The number of anilines is 1. The highest BCUT2D eigenvalue weighted by atomic mass is 32.1. The molecule has 2 aromatic heterocycles. The Hall–Kier alpha value is -1.88. The fraction of sp³-hybridized carbons (Fsp3) is 0.286. The van der Waals surface area contributed by atoms with Crippen molar-refractivity contribution in [2.45, 2.75) is 25.3 Å². The summed E-state index contributed by atoms with van der Waals surface area (Å²) in [5.41, 5.74) is 8.35. The summed E-state index contributed by atoms with van der Waals surface area (Å²) in [6, 6.07) is 8.47. The maximum Gasteiger partial charge on any atom is 0.169 e. The van der Waals surface area contributed by atoms with Crippen LogP contribution in [0.25, 0.3) is 10.1 Å². The third kappa shape index (κ3) is 1.81. The summed E-state index contributed by atoms with van der Waals surface area (Å²) in [7, 11) is 0. The minimum absolute atomic E-state index is 0.569. The van der Waals surface area contributed by atoms with E-state index in [1.165, 1.54) is 28.5 Å². The first kappa shape index (κ1) is 11.0. The van der Waals surface area contributed by atoms with Crippen molar-refractivity contribution in [2.75, 3.05) is 5.73 Å². The van der Waals surface area contributed by atoms with E-state index >= 15 is 0 Å². The Balaban J connectivity index is 1.75. The predicted octanol–water partition coefficient (Wildman–Crippen LogP) is 3.00. The van der Waals surface area contributed by atoms with E-state index in [4.69, 9.17) is 5.73 Å². The number of thiophene rings is 1. The molecular formula is C14H14N4S. The van der Waals surface area contributed by atoms with Crippen LogP contribution in [0.3, 0.4) is 0 Å². The molecule has 1 aliphatic rings. The molecule has 4 rings (SSSR count). The van der Waals surface area contributed by atoms with Gasteiger partial charge in [0.2, 0.25) is 0 Å². The second-order valence-electron chi connectivity index (χ2n) is 5.05. The molecule has 3 aromatic rings. The number of fused-ring (bicyclic) bond motifs is 1. The van der Waals surface area contributed by atoms with Crippen LogP contribution in [0.2, 0.25) is 0 Å². The quantitative estimate of drug-likeness (QED) is 0.796. The van der Waals surface area contributed by atoms with Crippen molar-refractivity contribution in [1.82, 2.24) is 15.0 Å².